The van der Waals surface area contributed by atoms with Crippen molar-refractivity contribution in [3.8, 4) is 0 Å². The number of benzene rings is 6. The second kappa shape index (κ2) is 5.36. The summed E-state index contributed by atoms with van der Waals surface area (Å²) in [6.07, 6.45) is 7.92. The molecule has 6 aliphatic carbocycles. The van der Waals surface area contributed by atoms with Crippen molar-refractivity contribution in [3.05, 3.63) is 92.6 Å². The zero-order valence-electron chi connectivity index (χ0n) is 24.7. The van der Waals surface area contributed by atoms with Crippen LogP contribution in [0, 0.1) is 0 Å². The average Bonchev–Trinajstić information content (AvgIpc) is 3.89. The number of hydrogen-bond acceptors (Lipinski definition) is 3. The lowest BCUT2D eigenvalue weighted by atomic mass is 9.57. The Kier molecular flexibility index (Phi) is 2.35. The first-order chi connectivity index (χ1) is 23.2. The number of hydrogen-bond donors (Lipinski definition) is 0. The van der Waals surface area contributed by atoms with E-state index in [-0.39, 0.29) is 9.47 Å². The van der Waals surface area contributed by atoms with E-state index in [9.17, 15) is 4.79 Å². The van der Waals surface area contributed by atoms with E-state index in [0.29, 0.717) is 5.92 Å². The van der Waals surface area contributed by atoms with Crippen molar-refractivity contribution >= 4 is 136 Å². The minimum atomic E-state index is -0.105. The summed E-state index contributed by atoms with van der Waals surface area (Å²) in [5.41, 5.74) is 12.6. The van der Waals surface area contributed by atoms with Crippen LogP contribution in [0.3, 0.4) is 0 Å². The molecule has 0 fully saturated rings. The molecule has 2 atom stereocenters. The van der Waals surface area contributed by atoms with Crippen molar-refractivity contribution in [1.82, 2.24) is 0 Å². The zero-order chi connectivity index (χ0) is 29.0. The van der Waals surface area contributed by atoms with Gasteiger partial charge in [-0.15, -0.1) is 0 Å². The van der Waals surface area contributed by atoms with E-state index in [1.807, 2.05) is 0 Å². The highest BCUT2D eigenvalue weighted by atomic mass is 32.2. The Hall–Kier alpha value is -4.57. The molecule has 0 N–H and O–H groups in total. The molecule has 3 heteroatoms. The number of rotatable bonds is 0. The van der Waals surface area contributed by atoms with Crippen LogP contribution in [-0.4, -0.2) is 0 Å². The van der Waals surface area contributed by atoms with Gasteiger partial charge >= 0.3 is 0 Å². The quantitative estimate of drug-likeness (QED) is 0.154. The van der Waals surface area contributed by atoms with Crippen LogP contribution in [0.15, 0.2) is 29.1 Å². The maximum Gasteiger partial charge on any atom is 0.287 e. The molecule has 12 aromatic rings. The van der Waals surface area contributed by atoms with Crippen LogP contribution < -0.4 is 9.27 Å². The molecule has 1 nitrogen and oxygen atoms in total. The molecule has 210 valence electrons. The first-order valence-corrected chi connectivity index (χ1v) is 19.0. The first kappa shape index (κ1) is 20.6. The van der Waals surface area contributed by atoms with Gasteiger partial charge in [0.1, 0.15) is 0 Å². The molecule has 2 unspecified atom stereocenters. The van der Waals surface area contributed by atoms with Crippen LogP contribution in [0.4, 0.5) is 0 Å². The minimum absolute atomic E-state index is 0.105. The Bertz CT molecular complexity index is 3850. The highest BCUT2D eigenvalue weighted by Gasteiger charge is 2.54. The fourth-order valence-corrected chi connectivity index (χ4v) is 16.7. The SMILES string of the molecule is O=c1sc2c(s1)CC13C=c4cc5c6c4c4c1c1c7c(cc8c7c7c9c(cc%10c%11c%12c(cc(c%13c6c6c4c1c7c(c%119)c6c%12%13)C5)C%10)C8)C3C2. The van der Waals surface area contributed by atoms with Gasteiger partial charge in [-0.3, -0.25) is 4.79 Å². The molecule has 0 radical (unpaired) electrons. The molecule has 0 saturated heterocycles. The fraction of sp³-hybridized carbons (Fsp3) is 0.159. The summed E-state index contributed by atoms with van der Waals surface area (Å²) in [6.45, 7) is 0. The predicted octanol–water partition coefficient (Wildman–Crippen LogP) is 9.69. The summed E-state index contributed by atoms with van der Waals surface area (Å²) in [7, 11) is 0. The van der Waals surface area contributed by atoms with Crippen LogP contribution in [-0.2, 0) is 37.5 Å². The highest BCUT2D eigenvalue weighted by Crippen LogP contribution is 2.70. The van der Waals surface area contributed by atoms with Gasteiger partial charge in [-0.1, -0.05) is 53.0 Å². The molecule has 0 amide bonds. The van der Waals surface area contributed by atoms with E-state index in [4.69, 9.17) is 0 Å². The first-order valence-electron chi connectivity index (χ1n) is 17.3. The maximum absolute atomic E-state index is 13.0. The van der Waals surface area contributed by atoms with Gasteiger partial charge in [0.05, 0.1) is 0 Å². The summed E-state index contributed by atoms with van der Waals surface area (Å²) in [4.78, 5) is 15.7. The van der Waals surface area contributed by atoms with E-state index in [2.05, 4.69) is 30.3 Å². The summed E-state index contributed by atoms with van der Waals surface area (Å²) in [5, 5.41) is 33.5. The normalized spacial score (nSPS) is 22.6. The Morgan fingerprint density at radius 1 is 0.489 bits per heavy atom. The second-order valence-electron chi connectivity index (χ2n) is 16.5. The van der Waals surface area contributed by atoms with Crippen molar-refractivity contribution in [1.29, 1.82) is 0 Å². The van der Waals surface area contributed by atoms with Gasteiger partial charge in [0, 0.05) is 21.1 Å². The van der Waals surface area contributed by atoms with E-state index in [1.54, 1.807) is 175 Å². The van der Waals surface area contributed by atoms with Gasteiger partial charge in [-0.25, -0.2) is 0 Å². The third kappa shape index (κ3) is 1.53. The van der Waals surface area contributed by atoms with Crippen LogP contribution in [0.25, 0.3) is 114 Å². The molecule has 1 aromatic heterocycles. The molecular formula is C44H16OS2. The summed E-state index contributed by atoms with van der Waals surface area (Å²) >= 11 is 3.09. The molecule has 11 aromatic carbocycles. The van der Waals surface area contributed by atoms with Crippen LogP contribution >= 0.6 is 22.7 Å². The average molecular weight is 625 g/mol. The molecule has 1 heterocycles. The van der Waals surface area contributed by atoms with Gasteiger partial charge in [0.2, 0.25) is 0 Å². The third-order valence-corrected chi connectivity index (χ3v) is 17.5. The number of fused-ring (bicyclic) bond motifs is 2. The highest BCUT2D eigenvalue weighted by molar-refractivity contribution is 7.27. The van der Waals surface area contributed by atoms with E-state index in [1.165, 1.54) is 15.0 Å². The van der Waals surface area contributed by atoms with E-state index < -0.39 is 0 Å². The van der Waals surface area contributed by atoms with Crippen molar-refractivity contribution < 1.29 is 0 Å². The van der Waals surface area contributed by atoms with Crippen LogP contribution in [0.1, 0.15) is 60.2 Å². The molecule has 1 spiro atoms. The topological polar surface area (TPSA) is 17.1 Å². The van der Waals surface area contributed by atoms with Crippen molar-refractivity contribution in [3.63, 3.8) is 0 Å². The largest absolute Gasteiger partial charge is 0.287 e. The third-order valence-electron chi connectivity index (χ3n) is 15.2. The summed E-state index contributed by atoms with van der Waals surface area (Å²) in [6, 6.07) is 10.6. The van der Waals surface area contributed by atoms with Gasteiger partial charge < -0.3 is 0 Å². The summed E-state index contributed by atoms with van der Waals surface area (Å²) in [5.74, 6) is 0.374. The van der Waals surface area contributed by atoms with Gasteiger partial charge in [0.25, 0.3) is 4.06 Å². The molecule has 18 rings (SSSR count). The standard InChI is InChI=1S/C44H16OS2/c45-43-46-20-8-19-18-7-16-5-14-3-12-1-11-2-13-4-15-6-17-9-44(19,10-21(20)47-43)42-40-28(17)24(15)32-26(13)30-22(11)23(12)31-27(14)33-25(16)29(18)41(42)39-37(33)35(31)34(30)36(32)38(39)40/h2-3,6-7,9,19H,1,4-5,8,10H2. The lowest BCUT2D eigenvalue weighted by molar-refractivity contribution is 0.429. The van der Waals surface area contributed by atoms with E-state index in [0.717, 1.165) is 32.1 Å². The van der Waals surface area contributed by atoms with Gasteiger partial charge in [-0.05, 0) is 190 Å². The lowest BCUT2D eigenvalue weighted by Crippen LogP contribution is -2.42. The molecule has 47 heavy (non-hydrogen) atoms. The molecule has 0 bridgehead atoms. The zero-order valence-corrected chi connectivity index (χ0v) is 26.4. The Morgan fingerprint density at radius 3 is 1.62 bits per heavy atom. The lowest BCUT2D eigenvalue weighted by Gasteiger charge is -2.46. The van der Waals surface area contributed by atoms with Gasteiger partial charge in [-0.2, -0.15) is 0 Å². The van der Waals surface area contributed by atoms with Crippen LogP contribution in [0.5, 0.6) is 0 Å². The molecule has 6 aliphatic rings. The summed E-state index contributed by atoms with van der Waals surface area (Å²) < 4.78 is 0.279. The smallest absolute Gasteiger partial charge is 0.265 e. The minimum Gasteiger partial charge on any atom is -0.265 e. The molecular weight excluding hydrogens is 609 g/mol. The molecule has 0 saturated carbocycles. The van der Waals surface area contributed by atoms with E-state index >= 15 is 0 Å². The Morgan fingerprint density at radius 2 is 0.957 bits per heavy atom. The van der Waals surface area contributed by atoms with Crippen molar-refractivity contribution in [2.45, 2.75) is 43.4 Å². The second-order valence-corrected chi connectivity index (χ2v) is 18.9. The van der Waals surface area contributed by atoms with Gasteiger partial charge in [0.15, 0.2) is 0 Å². The Labute approximate surface area is 271 Å². The monoisotopic (exact) mass is 624 g/mol. The van der Waals surface area contributed by atoms with Crippen molar-refractivity contribution in [2.24, 2.45) is 0 Å². The Balaban J connectivity index is 1.32. The maximum atomic E-state index is 13.0. The predicted molar refractivity (Wildman–Crippen MR) is 197 cm³/mol. The van der Waals surface area contributed by atoms with Crippen LogP contribution in [0.2, 0.25) is 0 Å². The van der Waals surface area contributed by atoms with Crippen molar-refractivity contribution in [2.75, 3.05) is 0 Å². The molecule has 0 aliphatic heterocycles. The fourth-order valence-electron chi connectivity index (χ4n) is 14.3.